The Morgan fingerprint density at radius 3 is 2.69 bits per heavy atom. The van der Waals surface area contributed by atoms with Crippen LogP contribution in [0, 0.1) is 0 Å². The minimum absolute atomic E-state index is 0.0420. The molecule has 0 unspecified atom stereocenters. The quantitative estimate of drug-likeness (QED) is 0.662. The normalized spacial score (nSPS) is 15.5. The van der Waals surface area contributed by atoms with Crippen molar-refractivity contribution in [1.82, 2.24) is 4.57 Å². The lowest BCUT2D eigenvalue weighted by molar-refractivity contribution is -0.110. The number of rotatable bonds is 2. The zero-order valence-corrected chi connectivity index (χ0v) is 15.2. The van der Waals surface area contributed by atoms with Crippen molar-refractivity contribution in [2.24, 2.45) is 12.2 Å². The number of primary sulfonamides is 1. The molecule has 3 N–H and O–H groups in total. The van der Waals surface area contributed by atoms with Crippen molar-refractivity contribution < 1.29 is 13.2 Å². The second-order valence-corrected chi connectivity index (χ2v) is 8.12. The van der Waals surface area contributed by atoms with Crippen LogP contribution in [-0.4, -0.2) is 18.9 Å². The molecule has 4 rings (SSSR count). The number of amides is 1. The predicted octanol–water partition coefficient (Wildman–Crippen LogP) is 2.97. The zero-order chi connectivity index (χ0) is 18.6. The average molecular weight is 388 g/mol. The number of carbonyl (C=O) groups excluding carboxylic acids is 1. The molecular weight excluding hydrogens is 374 g/mol. The van der Waals surface area contributed by atoms with Crippen LogP contribution in [0.15, 0.2) is 47.5 Å². The van der Waals surface area contributed by atoms with Gasteiger partial charge in [-0.05, 0) is 42.5 Å². The van der Waals surface area contributed by atoms with Gasteiger partial charge in [-0.1, -0.05) is 11.6 Å². The van der Waals surface area contributed by atoms with Crippen LogP contribution >= 0.6 is 11.6 Å². The third-order valence-corrected chi connectivity index (χ3v) is 5.53. The Bertz CT molecular complexity index is 1230. The van der Waals surface area contributed by atoms with E-state index in [1.165, 1.54) is 18.2 Å². The summed E-state index contributed by atoms with van der Waals surface area (Å²) in [6.45, 7) is 0. The highest BCUT2D eigenvalue weighted by atomic mass is 35.5. The van der Waals surface area contributed by atoms with Crippen molar-refractivity contribution in [1.29, 1.82) is 0 Å². The van der Waals surface area contributed by atoms with Gasteiger partial charge >= 0.3 is 0 Å². The highest BCUT2D eigenvalue weighted by Crippen LogP contribution is 2.36. The summed E-state index contributed by atoms with van der Waals surface area (Å²) in [5.41, 5.74) is 3.20. The fraction of sp³-hybridized carbons (Fsp3) is 0.0556. The van der Waals surface area contributed by atoms with Crippen LogP contribution in [0.1, 0.15) is 11.1 Å². The van der Waals surface area contributed by atoms with Gasteiger partial charge in [0.05, 0.1) is 4.90 Å². The topological polar surface area (TPSA) is 94.2 Å². The molecule has 0 fully saturated rings. The molecule has 1 aromatic heterocycles. The summed E-state index contributed by atoms with van der Waals surface area (Å²) in [5.74, 6) is -0.300. The van der Waals surface area contributed by atoms with E-state index in [0.717, 1.165) is 16.5 Å². The van der Waals surface area contributed by atoms with E-state index in [-0.39, 0.29) is 10.8 Å². The van der Waals surface area contributed by atoms with Crippen LogP contribution in [0.2, 0.25) is 5.02 Å². The van der Waals surface area contributed by atoms with Gasteiger partial charge in [0.25, 0.3) is 5.91 Å². The lowest BCUT2D eigenvalue weighted by atomic mass is 10.0. The van der Waals surface area contributed by atoms with Crippen LogP contribution in [0.25, 0.3) is 22.6 Å². The molecule has 0 bridgehead atoms. The number of carbonyl (C=O) groups is 1. The van der Waals surface area contributed by atoms with Gasteiger partial charge in [0.15, 0.2) is 0 Å². The first kappa shape index (κ1) is 16.8. The average Bonchev–Trinajstić information content (AvgIpc) is 3.04. The minimum Gasteiger partial charge on any atom is -0.350 e. The molecule has 26 heavy (non-hydrogen) atoms. The van der Waals surface area contributed by atoms with Crippen molar-refractivity contribution in [3.63, 3.8) is 0 Å². The Balaban J connectivity index is 1.93. The molecule has 0 spiro atoms. The van der Waals surface area contributed by atoms with Crippen molar-refractivity contribution in [3.8, 4) is 0 Å². The maximum Gasteiger partial charge on any atom is 0.256 e. The molecule has 0 saturated carbocycles. The molecule has 0 atom stereocenters. The molecule has 8 heteroatoms. The summed E-state index contributed by atoms with van der Waals surface area (Å²) in [7, 11) is -1.96. The first-order valence-electron chi connectivity index (χ1n) is 7.69. The Morgan fingerprint density at radius 2 is 1.96 bits per heavy atom. The summed E-state index contributed by atoms with van der Waals surface area (Å²) in [5, 5.41) is 9.44. The number of hydrogen-bond acceptors (Lipinski definition) is 3. The van der Waals surface area contributed by atoms with Gasteiger partial charge in [-0.3, -0.25) is 4.79 Å². The molecule has 0 aliphatic carbocycles. The third-order valence-electron chi connectivity index (χ3n) is 4.38. The van der Waals surface area contributed by atoms with Crippen LogP contribution in [0.3, 0.4) is 0 Å². The van der Waals surface area contributed by atoms with E-state index in [1.54, 1.807) is 12.1 Å². The molecule has 0 radical (unpaired) electrons. The van der Waals surface area contributed by atoms with E-state index < -0.39 is 10.0 Å². The van der Waals surface area contributed by atoms with Gasteiger partial charge in [0.2, 0.25) is 10.0 Å². The first-order chi connectivity index (χ1) is 12.2. The predicted molar refractivity (Wildman–Crippen MR) is 102 cm³/mol. The molecule has 0 saturated heterocycles. The number of anilines is 1. The largest absolute Gasteiger partial charge is 0.350 e. The second kappa shape index (κ2) is 5.70. The first-order valence-corrected chi connectivity index (χ1v) is 9.61. The van der Waals surface area contributed by atoms with E-state index in [0.29, 0.717) is 21.8 Å². The number of fused-ring (bicyclic) bond motifs is 2. The van der Waals surface area contributed by atoms with E-state index in [1.807, 2.05) is 29.9 Å². The fourth-order valence-electron chi connectivity index (χ4n) is 3.15. The van der Waals surface area contributed by atoms with Gasteiger partial charge in [0, 0.05) is 51.6 Å². The molecule has 2 aromatic carbocycles. The maximum absolute atomic E-state index is 12.4. The molecule has 2 heterocycles. The number of aromatic nitrogens is 1. The van der Waals surface area contributed by atoms with Gasteiger partial charge < -0.3 is 9.88 Å². The van der Waals surface area contributed by atoms with Gasteiger partial charge in [-0.2, -0.15) is 0 Å². The van der Waals surface area contributed by atoms with Gasteiger partial charge in [-0.15, -0.1) is 0 Å². The molecule has 1 amide bonds. The number of nitrogens with one attached hydrogen (secondary N) is 1. The highest BCUT2D eigenvalue weighted by molar-refractivity contribution is 7.89. The van der Waals surface area contributed by atoms with Crippen molar-refractivity contribution >= 4 is 55.8 Å². The summed E-state index contributed by atoms with van der Waals surface area (Å²) in [4.78, 5) is 12.4. The Kier molecular flexibility index (Phi) is 3.69. The number of benzene rings is 2. The number of aryl methyl sites for hydroxylation is 1. The zero-order valence-electron chi connectivity index (χ0n) is 13.7. The van der Waals surface area contributed by atoms with Crippen molar-refractivity contribution in [3.05, 3.63) is 58.7 Å². The molecule has 132 valence electrons. The summed E-state index contributed by atoms with van der Waals surface area (Å²) >= 11 is 6.11. The van der Waals surface area contributed by atoms with Crippen LogP contribution in [0.4, 0.5) is 5.69 Å². The summed E-state index contributed by atoms with van der Waals surface area (Å²) < 4.78 is 25.2. The van der Waals surface area contributed by atoms with Crippen LogP contribution in [0.5, 0.6) is 0 Å². The van der Waals surface area contributed by atoms with Crippen molar-refractivity contribution in [2.45, 2.75) is 4.90 Å². The van der Waals surface area contributed by atoms with Gasteiger partial charge in [-0.25, -0.2) is 13.6 Å². The number of halogens is 1. The van der Waals surface area contributed by atoms with Gasteiger partial charge in [0.1, 0.15) is 0 Å². The highest BCUT2D eigenvalue weighted by Gasteiger charge is 2.26. The monoisotopic (exact) mass is 387 g/mol. The van der Waals surface area contributed by atoms with E-state index >= 15 is 0 Å². The van der Waals surface area contributed by atoms with E-state index in [4.69, 9.17) is 16.7 Å². The van der Waals surface area contributed by atoms with Crippen molar-refractivity contribution in [2.75, 3.05) is 5.32 Å². The summed E-state index contributed by atoms with van der Waals surface area (Å²) in [6.07, 6.45) is 3.62. The molecule has 1 aliphatic rings. The summed E-state index contributed by atoms with van der Waals surface area (Å²) in [6, 6.07) is 9.85. The number of hydrogen-bond donors (Lipinski definition) is 2. The third kappa shape index (κ3) is 2.70. The smallest absolute Gasteiger partial charge is 0.256 e. The maximum atomic E-state index is 12.4. The fourth-order valence-corrected chi connectivity index (χ4v) is 3.86. The Morgan fingerprint density at radius 1 is 1.19 bits per heavy atom. The second-order valence-electron chi connectivity index (χ2n) is 6.12. The van der Waals surface area contributed by atoms with E-state index in [9.17, 15) is 13.2 Å². The molecule has 3 aromatic rings. The van der Waals surface area contributed by atoms with Crippen LogP contribution < -0.4 is 10.5 Å². The van der Waals surface area contributed by atoms with Crippen LogP contribution in [-0.2, 0) is 21.9 Å². The number of nitrogens with two attached hydrogens (primary N) is 1. The SMILES string of the molecule is Cn1cc(/C=C2\C(=O)Nc3ccc(S(N)(=O)=O)cc32)c2cc(Cl)ccc21. The number of sulfonamides is 1. The lowest BCUT2D eigenvalue weighted by Gasteiger charge is -2.02. The molecule has 6 nitrogen and oxygen atoms in total. The minimum atomic E-state index is -3.86. The Hall–Kier alpha value is -2.61. The number of nitrogens with zero attached hydrogens (tertiary/aromatic N) is 1. The standard InChI is InChI=1S/C18H14ClN3O3S/c1-22-9-10(13-7-11(19)2-5-17(13)22)6-15-14-8-12(26(20,24)25)3-4-16(14)21-18(15)23/h2-9H,1H3,(H,21,23)(H2,20,24,25)/b15-6-. The lowest BCUT2D eigenvalue weighted by Crippen LogP contribution is -2.12. The molecular formula is C18H14ClN3O3S. The molecule has 1 aliphatic heterocycles. The van der Waals surface area contributed by atoms with E-state index in [2.05, 4.69) is 5.32 Å². The Labute approximate surface area is 154 Å².